The van der Waals surface area contributed by atoms with E-state index in [0.29, 0.717) is 12.7 Å². The number of hydrogen-bond acceptors (Lipinski definition) is 4. The molecule has 0 spiro atoms. The van der Waals surface area contributed by atoms with Gasteiger partial charge in [-0.25, -0.2) is 0 Å². The minimum Gasteiger partial charge on any atom is -0.493 e. The van der Waals surface area contributed by atoms with Gasteiger partial charge < -0.3 is 18.9 Å². The van der Waals surface area contributed by atoms with E-state index in [4.69, 9.17) is 18.9 Å². The Morgan fingerprint density at radius 1 is 0.511 bits per heavy atom. The first-order chi connectivity index (χ1) is 22.1. The number of epoxide rings is 1. The molecule has 45 heavy (non-hydrogen) atoms. The minimum absolute atomic E-state index is 0.343. The van der Waals surface area contributed by atoms with Crippen LogP contribution in [0.15, 0.2) is 103 Å². The molecular formula is C41H60O4. The van der Waals surface area contributed by atoms with Crippen LogP contribution < -0.4 is 14.2 Å². The van der Waals surface area contributed by atoms with Gasteiger partial charge >= 0.3 is 0 Å². The van der Waals surface area contributed by atoms with Crippen molar-refractivity contribution in [3.63, 3.8) is 0 Å². The third-order valence-electron chi connectivity index (χ3n) is 6.55. The Labute approximate surface area is 275 Å². The second-order valence-electron chi connectivity index (χ2n) is 9.48. The highest BCUT2D eigenvalue weighted by Gasteiger charge is 2.22. The van der Waals surface area contributed by atoms with Crippen LogP contribution in [0.25, 0.3) is 0 Å². The molecule has 1 aliphatic rings. The van der Waals surface area contributed by atoms with E-state index in [1.54, 1.807) is 14.2 Å². The normalized spacial score (nSPS) is 11.8. The summed E-state index contributed by atoms with van der Waals surface area (Å²) in [7, 11) is 3.25. The number of aryl methyl sites for hydroxylation is 4. The molecule has 5 rings (SSSR count). The summed E-state index contributed by atoms with van der Waals surface area (Å²) >= 11 is 0. The van der Waals surface area contributed by atoms with Gasteiger partial charge in [-0.15, -0.1) is 0 Å². The molecule has 0 aromatic heterocycles. The van der Waals surface area contributed by atoms with Crippen LogP contribution in [0.4, 0.5) is 0 Å². The molecule has 0 bridgehead atoms. The highest BCUT2D eigenvalue weighted by atomic mass is 16.6. The lowest BCUT2D eigenvalue weighted by Gasteiger charge is -2.04. The molecule has 0 N–H and O–H groups in total. The van der Waals surface area contributed by atoms with Crippen molar-refractivity contribution in [3.05, 3.63) is 125 Å². The molecule has 1 aliphatic heterocycles. The molecule has 1 saturated heterocycles. The summed E-state index contributed by atoms with van der Waals surface area (Å²) in [5.41, 5.74) is 5.71. The Morgan fingerprint density at radius 2 is 0.822 bits per heavy atom. The second-order valence-corrected chi connectivity index (χ2v) is 9.48. The third-order valence-corrected chi connectivity index (χ3v) is 6.55. The number of rotatable bonds is 9. The molecular weight excluding hydrogens is 556 g/mol. The second kappa shape index (κ2) is 27.8. The zero-order valence-electron chi connectivity index (χ0n) is 29.8. The smallest absolute Gasteiger partial charge is 0.160 e. The largest absolute Gasteiger partial charge is 0.493 e. The van der Waals surface area contributed by atoms with Gasteiger partial charge in [-0.2, -0.15) is 0 Å². The van der Waals surface area contributed by atoms with Gasteiger partial charge in [-0.3, -0.25) is 0 Å². The molecule has 0 aliphatic carbocycles. The van der Waals surface area contributed by atoms with Crippen LogP contribution >= 0.6 is 0 Å². The first-order valence-electron chi connectivity index (χ1n) is 16.7. The molecule has 0 saturated carbocycles. The van der Waals surface area contributed by atoms with E-state index in [0.717, 1.165) is 49.5 Å². The zero-order chi connectivity index (χ0) is 33.7. The van der Waals surface area contributed by atoms with Crippen LogP contribution in [-0.4, -0.2) is 33.5 Å². The SMILES string of the molecule is CC.CC.CCc1ccc(CC)cc1.CCc1ccc(CC)cc1.COc1ccccc1OC.c1ccc(OCC2CO2)cc1. The van der Waals surface area contributed by atoms with Crippen molar-refractivity contribution in [2.75, 3.05) is 27.4 Å². The number of benzene rings is 4. The van der Waals surface area contributed by atoms with Crippen molar-refractivity contribution in [1.82, 2.24) is 0 Å². The summed E-state index contributed by atoms with van der Waals surface area (Å²) < 4.78 is 20.4. The van der Waals surface area contributed by atoms with Crippen LogP contribution in [0.5, 0.6) is 17.2 Å². The van der Waals surface area contributed by atoms with E-state index in [9.17, 15) is 0 Å². The number of hydrogen-bond donors (Lipinski definition) is 0. The van der Waals surface area contributed by atoms with Gasteiger partial charge in [0.25, 0.3) is 0 Å². The molecule has 4 aromatic rings. The fourth-order valence-corrected chi connectivity index (χ4v) is 3.68. The van der Waals surface area contributed by atoms with Crippen molar-refractivity contribution >= 4 is 0 Å². The third kappa shape index (κ3) is 19.3. The van der Waals surface area contributed by atoms with Gasteiger partial charge in [0.15, 0.2) is 11.5 Å². The number of methoxy groups -OCH3 is 2. The maximum absolute atomic E-state index is 5.40. The molecule has 4 heteroatoms. The van der Waals surface area contributed by atoms with Gasteiger partial charge in [0.2, 0.25) is 0 Å². The fraction of sp³-hybridized carbons (Fsp3) is 0.415. The summed E-state index contributed by atoms with van der Waals surface area (Å²) in [5, 5.41) is 0. The van der Waals surface area contributed by atoms with Gasteiger partial charge in [0, 0.05) is 0 Å². The Morgan fingerprint density at radius 3 is 1.09 bits per heavy atom. The molecule has 4 nitrogen and oxygen atoms in total. The van der Waals surface area contributed by atoms with Crippen LogP contribution in [0.3, 0.4) is 0 Å². The van der Waals surface area contributed by atoms with Crippen molar-refractivity contribution in [2.45, 2.75) is 87.2 Å². The van der Waals surface area contributed by atoms with Gasteiger partial charge in [0.1, 0.15) is 18.5 Å². The first-order valence-corrected chi connectivity index (χ1v) is 16.7. The van der Waals surface area contributed by atoms with Gasteiger partial charge in [-0.05, 0) is 72.2 Å². The van der Waals surface area contributed by atoms with Crippen molar-refractivity contribution in [1.29, 1.82) is 0 Å². The number of ether oxygens (including phenoxy) is 4. The Bertz CT molecular complexity index is 1070. The minimum atomic E-state index is 0.343. The standard InChI is InChI=1S/2C10H14.C9H10O2.C8H10O2.2C2H6/c2*1-3-9-5-7-10(4-2)8-6-9;1-2-4-8(5-3-1)10-6-9-7-11-9;1-9-7-5-3-4-6-8(7)10-2;2*1-2/h2*5-8H,3-4H2,1-2H3;1-5,9H,6-7H2;3-6H,1-2H3;2*1-2H3. The van der Waals surface area contributed by atoms with Crippen LogP contribution in [-0.2, 0) is 30.4 Å². The maximum Gasteiger partial charge on any atom is 0.160 e. The van der Waals surface area contributed by atoms with E-state index < -0.39 is 0 Å². The highest BCUT2D eigenvalue weighted by Crippen LogP contribution is 2.24. The van der Waals surface area contributed by atoms with Crippen molar-refractivity contribution < 1.29 is 18.9 Å². The molecule has 1 fully saturated rings. The topological polar surface area (TPSA) is 40.2 Å². The maximum atomic E-state index is 5.40. The lowest BCUT2D eigenvalue weighted by Crippen LogP contribution is -2.03. The first kappa shape index (κ1) is 41.2. The average Bonchev–Trinajstić information content (AvgIpc) is 3.98. The summed E-state index contributed by atoms with van der Waals surface area (Å²) in [6.07, 6.45) is 4.91. The van der Waals surface area contributed by atoms with E-state index in [1.807, 2.05) is 82.3 Å². The van der Waals surface area contributed by atoms with Crippen molar-refractivity contribution in [2.24, 2.45) is 0 Å². The highest BCUT2D eigenvalue weighted by molar-refractivity contribution is 5.39. The Kier molecular flexibility index (Phi) is 25.4. The Hall–Kier alpha value is -3.76. The molecule has 0 amide bonds. The average molecular weight is 617 g/mol. The number of para-hydroxylation sites is 3. The van der Waals surface area contributed by atoms with E-state index in [-0.39, 0.29) is 0 Å². The predicted molar refractivity (Wildman–Crippen MR) is 194 cm³/mol. The van der Waals surface area contributed by atoms with Crippen LogP contribution in [0.1, 0.15) is 77.6 Å². The molecule has 1 heterocycles. The Balaban J connectivity index is 0.000000553. The van der Waals surface area contributed by atoms with Gasteiger partial charge in [0.05, 0.1) is 20.8 Å². The summed E-state index contributed by atoms with van der Waals surface area (Å²) in [6, 6.07) is 35.0. The van der Waals surface area contributed by atoms with Crippen molar-refractivity contribution in [3.8, 4) is 17.2 Å². The zero-order valence-corrected chi connectivity index (χ0v) is 29.8. The molecule has 4 aromatic carbocycles. The summed E-state index contributed by atoms with van der Waals surface area (Å²) in [6.45, 7) is 18.3. The summed E-state index contributed by atoms with van der Waals surface area (Å²) in [5.74, 6) is 2.46. The lowest BCUT2D eigenvalue weighted by atomic mass is 10.1. The van der Waals surface area contributed by atoms with Gasteiger partial charge in [-0.1, -0.05) is 134 Å². The molecule has 1 atom stereocenters. The molecule has 248 valence electrons. The monoisotopic (exact) mass is 616 g/mol. The summed E-state index contributed by atoms with van der Waals surface area (Å²) in [4.78, 5) is 0. The van der Waals surface area contributed by atoms with E-state index in [1.165, 1.54) is 22.3 Å². The fourth-order valence-electron chi connectivity index (χ4n) is 3.68. The van der Waals surface area contributed by atoms with Crippen LogP contribution in [0, 0.1) is 0 Å². The lowest BCUT2D eigenvalue weighted by molar-refractivity contribution is 0.263. The van der Waals surface area contributed by atoms with E-state index >= 15 is 0 Å². The quantitative estimate of drug-likeness (QED) is 0.175. The molecule has 1 unspecified atom stereocenters. The molecule has 0 radical (unpaired) electrons. The van der Waals surface area contributed by atoms with E-state index in [2.05, 4.69) is 76.2 Å². The van der Waals surface area contributed by atoms with Crippen LogP contribution in [0.2, 0.25) is 0 Å². The predicted octanol–water partition coefficient (Wildman–Crippen LogP) is 10.8.